The summed E-state index contributed by atoms with van der Waals surface area (Å²) in [6.45, 7) is 13.3. The zero-order chi connectivity index (χ0) is 19.2. The molecule has 0 unspecified atom stereocenters. The number of pyridine rings is 1. The third-order valence-corrected chi connectivity index (χ3v) is 2.23. The van der Waals surface area contributed by atoms with Gasteiger partial charge in [0, 0.05) is 19.3 Å². The number of nitrogens with two attached hydrogens (primary N) is 1. The molecule has 4 heteroatoms. The summed E-state index contributed by atoms with van der Waals surface area (Å²) in [4.78, 5) is 4.11. The van der Waals surface area contributed by atoms with Crippen LogP contribution in [0.5, 0.6) is 0 Å². The van der Waals surface area contributed by atoms with Gasteiger partial charge in [0.15, 0.2) is 0 Å². The molecule has 0 bridgehead atoms. The number of aromatic nitrogens is 1. The number of nitrogens with one attached hydrogen (secondary N) is 1. The molecule has 3 nitrogen and oxygen atoms in total. The summed E-state index contributed by atoms with van der Waals surface area (Å²) >= 11 is 0. The van der Waals surface area contributed by atoms with Crippen molar-refractivity contribution in [2.75, 3.05) is 7.05 Å². The molecule has 0 amide bonds. The molecule has 24 heavy (non-hydrogen) atoms. The highest BCUT2D eigenvalue weighted by atomic mass is 19.1. The van der Waals surface area contributed by atoms with Crippen LogP contribution in [0.2, 0.25) is 0 Å². The Morgan fingerprint density at radius 1 is 0.917 bits per heavy atom. The summed E-state index contributed by atoms with van der Waals surface area (Å²) < 4.78 is 12.2. The van der Waals surface area contributed by atoms with Gasteiger partial charge in [0.05, 0.1) is 5.69 Å². The molecule has 0 aliphatic carbocycles. The molecule has 1 aromatic carbocycles. The molecule has 0 radical (unpaired) electrons. The van der Waals surface area contributed by atoms with Crippen LogP contribution in [-0.2, 0) is 13.1 Å². The van der Waals surface area contributed by atoms with E-state index in [0.29, 0.717) is 6.54 Å². The third kappa shape index (κ3) is 16.6. The molecule has 0 atom stereocenters. The molecular formula is C20H36FN3. The van der Waals surface area contributed by atoms with Crippen molar-refractivity contribution in [3.63, 3.8) is 0 Å². The van der Waals surface area contributed by atoms with Gasteiger partial charge in [0.1, 0.15) is 5.82 Å². The van der Waals surface area contributed by atoms with Crippen molar-refractivity contribution in [2.24, 2.45) is 5.73 Å². The summed E-state index contributed by atoms with van der Waals surface area (Å²) in [5.74, 6) is -0.216. The van der Waals surface area contributed by atoms with Crippen LogP contribution in [0, 0.1) is 5.82 Å². The normalized spacial score (nSPS) is 7.88. The van der Waals surface area contributed by atoms with Crippen molar-refractivity contribution in [2.45, 2.75) is 54.6 Å². The van der Waals surface area contributed by atoms with Gasteiger partial charge in [-0.1, -0.05) is 59.7 Å². The summed E-state index contributed by atoms with van der Waals surface area (Å²) in [5, 5.41) is 3.02. The summed E-state index contributed by atoms with van der Waals surface area (Å²) in [6.07, 6.45) is 1.80. The van der Waals surface area contributed by atoms with Crippen molar-refractivity contribution < 1.29 is 4.39 Å². The van der Waals surface area contributed by atoms with E-state index < -0.39 is 0 Å². The van der Waals surface area contributed by atoms with Gasteiger partial charge in [-0.15, -0.1) is 0 Å². The van der Waals surface area contributed by atoms with Gasteiger partial charge in [-0.05, 0) is 36.9 Å². The monoisotopic (exact) mass is 337 g/mol. The van der Waals surface area contributed by atoms with E-state index in [1.54, 1.807) is 18.3 Å². The van der Waals surface area contributed by atoms with Crippen LogP contribution in [0.1, 0.15) is 52.8 Å². The lowest BCUT2D eigenvalue weighted by molar-refractivity contribution is 0.627. The van der Waals surface area contributed by atoms with E-state index >= 15 is 0 Å². The van der Waals surface area contributed by atoms with E-state index in [9.17, 15) is 4.39 Å². The van der Waals surface area contributed by atoms with E-state index in [1.807, 2.05) is 66.8 Å². The van der Waals surface area contributed by atoms with Crippen LogP contribution in [0.3, 0.4) is 0 Å². The topological polar surface area (TPSA) is 50.9 Å². The Bertz CT molecular complexity index is 430. The number of halogens is 1. The van der Waals surface area contributed by atoms with Gasteiger partial charge >= 0.3 is 0 Å². The van der Waals surface area contributed by atoms with Gasteiger partial charge < -0.3 is 11.1 Å². The predicted molar refractivity (Wildman–Crippen MR) is 105 cm³/mol. The molecule has 138 valence electrons. The van der Waals surface area contributed by atoms with Crippen molar-refractivity contribution in [3.8, 4) is 0 Å². The molecule has 0 aliphatic heterocycles. The van der Waals surface area contributed by atoms with Gasteiger partial charge in [-0.25, -0.2) is 4.39 Å². The zero-order valence-electron chi connectivity index (χ0n) is 16.4. The highest BCUT2D eigenvalue weighted by molar-refractivity contribution is 5.15. The summed E-state index contributed by atoms with van der Waals surface area (Å²) in [6, 6.07) is 12.1. The molecule has 1 aromatic heterocycles. The number of hydrogen-bond acceptors (Lipinski definition) is 3. The molecule has 3 N–H and O–H groups in total. The molecule has 2 rings (SSSR count). The SMILES string of the molecule is CC.CC.CC.CNCc1ccccn1.NCc1ccc(F)cc1. The predicted octanol–water partition coefficient (Wildman–Crippen LogP) is 5.16. The number of nitrogens with zero attached hydrogens (tertiary/aromatic N) is 1. The molecule has 0 aliphatic rings. The van der Waals surface area contributed by atoms with Crippen LogP contribution in [0.25, 0.3) is 0 Å². The Morgan fingerprint density at radius 3 is 1.83 bits per heavy atom. The average molecular weight is 338 g/mol. The Kier molecular flexibility index (Phi) is 26.5. The second kappa shape index (κ2) is 23.5. The minimum absolute atomic E-state index is 0.216. The minimum Gasteiger partial charge on any atom is -0.326 e. The molecule has 1 heterocycles. The van der Waals surface area contributed by atoms with E-state index in [-0.39, 0.29) is 5.82 Å². The first-order chi connectivity index (χ1) is 11.8. The molecular weight excluding hydrogens is 301 g/mol. The first-order valence-electron chi connectivity index (χ1n) is 8.75. The lowest BCUT2D eigenvalue weighted by Gasteiger charge is -1.94. The largest absolute Gasteiger partial charge is 0.326 e. The maximum absolute atomic E-state index is 12.2. The fraction of sp³-hybridized carbons (Fsp3) is 0.450. The van der Waals surface area contributed by atoms with Crippen molar-refractivity contribution in [1.82, 2.24) is 10.3 Å². The first kappa shape index (κ1) is 27.1. The Morgan fingerprint density at radius 2 is 1.46 bits per heavy atom. The van der Waals surface area contributed by atoms with Crippen molar-refractivity contribution in [3.05, 3.63) is 65.7 Å². The van der Waals surface area contributed by atoms with Crippen LogP contribution >= 0.6 is 0 Å². The zero-order valence-corrected chi connectivity index (χ0v) is 16.4. The van der Waals surface area contributed by atoms with E-state index in [0.717, 1.165) is 17.8 Å². The standard InChI is InChI=1S/C7H8FN.C7H10N2.3C2H6/c8-7-3-1-6(5-9)2-4-7;1-8-6-7-4-2-3-5-9-7;3*1-2/h1-4H,5,9H2;2-5,8H,6H2,1H3;3*1-2H3. The quantitative estimate of drug-likeness (QED) is 0.813. The molecule has 0 saturated heterocycles. The lowest BCUT2D eigenvalue weighted by atomic mass is 10.2. The fourth-order valence-electron chi connectivity index (χ4n) is 1.30. The number of benzene rings is 1. The van der Waals surface area contributed by atoms with Gasteiger partial charge in [0.25, 0.3) is 0 Å². The van der Waals surface area contributed by atoms with E-state index in [2.05, 4.69) is 10.3 Å². The van der Waals surface area contributed by atoms with Crippen LogP contribution < -0.4 is 11.1 Å². The maximum atomic E-state index is 12.2. The molecule has 0 spiro atoms. The van der Waals surface area contributed by atoms with E-state index in [1.165, 1.54) is 12.1 Å². The summed E-state index contributed by atoms with van der Waals surface area (Å²) in [5.41, 5.74) is 7.32. The van der Waals surface area contributed by atoms with Crippen molar-refractivity contribution >= 4 is 0 Å². The van der Waals surface area contributed by atoms with Crippen LogP contribution in [-0.4, -0.2) is 12.0 Å². The van der Waals surface area contributed by atoms with Crippen LogP contribution in [0.15, 0.2) is 48.7 Å². The smallest absolute Gasteiger partial charge is 0.123 e. The lowest BCUT2D eigenvalue weighted by Crippen LogP contribution is -2.05. The van der Waals surface area contributed by atoms with Gasteiger partial charge in [0.2, 0.25) is 0 Å². The maximum Gasteiger partial charge on any atom is 0.123 e. The average Bonchev–Trinajstić information content (AvgIpc) is 2.69. The molecule has 0 saturated carbocycles. The molecule has 2 aromatic rings. The third-order valence-electron chi connectivity index (χ3n) is 2.23. The number of rotatable bonds is 3. The van der Waals surface area contributed by atoms with Crippen LogP contribution in [0.4, 0.5) is 4.39 Å². The minimum atomic E-state index is -0.216. The second-order valence-corrected chi connectivity index (χ2v) is 3.68. The summed E-state index contributed by atoms with van der Waals surface area (Å²) in [7, 11) is 1.91. The van der Waals surface area contributed by atoms with Gasteiger partial charge in [-0.2, -0.15) is 0 Å². The van der Waals surface area contributed by atoms with Crippen molar-refractivity contribution in [1.29, 1.82) is 0 Å². The second-order valence-electron chi connectivity index (χ2n) is 3.68. The highest BCUT2D eigenvalue weighted by Gasteiger charge is 1.88. The first-order valence-corrected chi connectivity index (χ1v) is 8.75. The fourth-order valence-corrected chi connectivity index (χ4v) is 1.30. The number of hydrogen-bond donors (Lipinski definition) is 2. The Hall–Kier alpha value is -1.78. The molecule has 0 fully saturated rings. The van der Waals surface area contributed by atoms with Gasteiger partial charge in [-0.3, -0.25) is 4.98 Å². The Labute approximate surface area is 148 Å². The highest BCUT2D eigenvalue weighted by Crippen LogP contribution is 2.00. The van der Waals surface area contributed by atoms with E-state index in [4.69, 9.17) is 5.73 Å². The Balaban J connectivity index is -0.000000281.